The van der Waals surface area contributed by atoms with Crippen molar-refractivity contribution in [1.82, 2.24) is 20.3 Å². The van der Waals surface area contributed by atoms with Crippen LogP contribution in [0.15, 0.2) is 54.6 Å². The molecule has 1 unspecified atom stereocenters. The molecule has 54 heavy (non-hydrogen) atoms. The largest absolute Gasteiger partial charge is 0.457 e. The Hall–Kier alpha value is -4.60. The molecule has 3 N–H and O–H groups in total. The number of ether oxygens (including phenoxy) is 2. The van der Waals surface area contributed by atoms with Gasteiger partial charge in [0.05, 0.1) is 10.8 Å². The molecule has 0 aromatic heterocycles. The molecule has 292 valence electrons. The SMILES string of the molecule is CC(C)(C)OC(=O)N[C@H]1CCCCCC=C[C@@H]2C[C@@]2(C(=O)NS(=O)(=O)C2CC2)NC(=O)C2Cc3cc(Oc4cccc(C(F)(F)F)c4)ccc3CN2C1=O. The lowest BCUT2D eigenvalue weighted by molar-refractivity contribution is -0.144. The number of allylic oxidation sites excluding steroid dienone is 1. The van der Waals surface area contributed by atoms with Gasteiger partial charge in [-0.2, -0.15) is 13.2 Å². The average molecular weight is 775 g/mol. The molecular weight excluding hydrogens is 729 g/mol. The number of fused-ring (bicyclic) bond motifs is 3. The highest BCUT2D eigenvalue weighted by Crippen LogP contribution is 2.46. The number of carbonyl (C=O) groups is 4. The monoisotopic (exact) mass is 774 g/mol. The molecule has 2 aliphatic carbocycles. The maximum Gasteiger partial charge on any atom is 0.416 e. The summed E-state index contributed by atoms with van der Waals surface area (Å²) >= 11 is 0. The Morgan fingerprint density at radius 2 is 1.70 bits per heavy atom. The Bertz CT molecular complexity index is 1940. The van der Waals surface area contributed by atoms with E-state index < -0.39 is 80.0 Å². The molecule has 2 aliphatic heterocycles. The van der Waals surface area contributed by atoms with E-state index >= 15 is 0 Å². The van der Waals surface area contributed by atoms with E-state index in [9.17, 15) is 40.8 Å². The van der Waals surface area contributed by atoms with Crippen molar-refractivity contribution in [3.8, 4) is 11.5 Å². The summed E-state index contributed by atoms with van der Waals surface area (Å²) < 4.78 is 79.2. The van der Waals surface area contributed by atoms with Crippen LogP contribution in [-0.4, -0.2) is 65.6 Å². The molecule has 0 spiro atoms. The molecular formula is C38H45F3N4O8S. The van der Waals surface area contributed by atoms with Gasteiger partial charge in [-0.15, -0.1) is 0 Å². The number of hydrogen-bond donors (Lipinski definition) is 3. The third kappa shape index (κ3) is 9.19. The lowest BCUT2D eigenvalue weighted by atomic mass is 9.91. The molecule has 2 aromatic rings. The summed E-state index contributed by atoms with van der Waals surface area (Å²) in [6.45, 7) is 5.00. The topological polar surface area (TPSA) is 160 Å². The minimum absolute atomic E-state index is 0.0537. The van der Waals surface area contributed by atoms with Crippen LogP contribution in [0.1, 0.15) is 88.8 Å². The van der Waals surface area contributed by atoms with E-state index in [1.165, 1.54) is 17.0 Å². The maximum absolute atomic E-state index is 14.5. The first-order valence-electron chi connectivity index (χ1n) is 18.2. The smallest absolute Gasteiger partial charge is 0.416 e. The molecule has 4 aliphatic rings. The quantitative estimate of drug-likeness (QED) is 0.318. The highest BCUT2D eigenvalue weighted by molar-refractivity contribution is 7.91. The van der Waals surface area contributed by atoms with E-state index in [0.29, 0.717) is 36.8 Å². The average Bonchev–Trinajstić information content (AvgIpc) is 4.01. The van der Waals surface area contributed by atoms with Crippen molar-refractivity contribution in [2.75, 3.05) is 0 Å². The van der Waals surface area contributed by atoms with Crippen molar-refractivity contribution in [3.63, 3.8) is 0 Å². The van der Waals surface area contributed by atoms with Crippen LogP contribution in [0.25, 0.3) is 0 Å². The van der Waals surface area contributed by atoms with Crippen LogP contribution in [0, 0.1) is 5.92 Å². The van der Waals surface area contributed by atoms with Crippen LogP contribution in [0.2, 0.25) is 0 Å². The normalized spacial score (nSPS) is 25.1. The molecule has 2 heterocycles. The summed E-state index contributed by atoms with van der Waals surface area (Å²) in [6, 6.07) is 6.93. The molecule has 6 rings (SSSR count). The molecule has 16 heteroatoms. The molecule has 0 bridgehead atoms. The summed E-state index contributed by atoms with van der Waals surface area (Å²) in [4.78, 5) is 56.9. The molecule has 2 saturated carbocycles. The van der Waals surface area contributed by atoms with Crippen molar-refractivity contribution < 1.29 is 50.2 Å². The molecule has 12 nitrogen and oxygen atoms in total. The van der Waals surface area contributed by atoms with Crippen LogP contribution in [0.5, 0.6) is 11.5 Å². The molecule has 2 aromatic carbocycles. The Morgan fingerprint density at radius 3 is 2.41 bits per heavy atom. The number of alkyl carbamates (subject to hydrolysis) is 1. The third-order valence-electron chi connectivity index (χ3n) is 9.98. The predicted octanol–water partition coefficient (Wildman–Crippen LogP) is 5.65. The number of hydrogen-bond acceptors (Lipinski definition) is 8. The van der Waals surface area contributed by atoms with Gasteiger partial charge in [0.25, 0.3) is 5.91 Å². The minimum Gasteiger partial charge on any atom is -0.457 e. The van der Waals surface area contributed by atoms with Gasteiger partial charge < -0.3 is 25.0 Å². The zero-order valence-electron chi connectivity index (χ0n) is 30.3. The molecule has 2 fully saturated rings. The Labute approximate surface area is 312 Å². The van der Waals surface area contributed by atoms with Crippen LogP contribution in [-0.2, 0) is 48.3 Å². The number of alkyl halides is 3. The number of sulfonamides is 1. The van der Waals surface area contributed by atoms with E-state index in [1.54, 1.807) is 39.0 Å². The van der Waals surface area contributed by atoms with Crippen molar-refractivity contribution >= 4 is 33.8 Å². The van der Waals surface area contributed by atoms with Crippen LogP contribution >= 0.6 is 0 Å². The predicted molar refractivity (Wildman–Crippen MR) is 190 cm³/mol. The molecule has 4 amide bonds. The fourth-order valence-corrected chi connectivity index (χ4v) is 8.25. The van der Waals surface area contributed by atoms with Crippen molar-refractivity contribution in [2.24, 2.45) is 5.92 Å². The first-order chi connectivity index (χ1) is 25.3. The maximum atomic E-state index is 14.5. The van der Waals surface area contributed by atoms with Crippen molar-refractivity contribution in [1.29, 1.82) is 0 Å². The Kier molecular flexibility index (Phi) is 10.8. The summed E-state index contributed by atoms with van der Waals surface area (Å²) in [5.41, 5.74) is -2.10. The van der Waals surface area contributed by atoms with E-state index in [2.05, 4.69) is 15.4 Å². The first-order valence-corrected chi connectivity index (χ1v) is 19.7. The van der Waals surface area contributed by atoms with Gasteiger partial charge in [0.1, 0.15) is 34.7 Å². The van der Waals surface area contributed by atoms with E-state index in [1.807, 2.05) is 12.2 Å². The number of rotatable bonds is 6. The molecule has 0 radical (unpaired) electrons. The number of amides is 4. The lowest BCUT2D eigenvalue weighted by Crippen LogP contribution is -2.61. The fourth-order valence-electron chi connectivity index (χ4n) is 6.88. The van der Waals surface area contributed by atoms with Gasteiger partial charge in [0, 0.05) is 18.9 Å². The van der Waals surface area contributed by atoms with Crippen LogP contribution in [0.3, 0.4) is 0 Å². The van der Waals surface area contributed by atoms with Gasteiger partial charge in [0.15, 0.2) is 0 Å². The number of benzene rings is 2. The summed E-state index contributed by atoms with van der Waals surface area (Å²) in [5, 5.41) is 4.84. The summed E-state index contributed by atoms with van der Waals surface area (Å²) in [6.07, 6.45) is 2.23. The Balaban J connectivity index is 1.33. The number of nitrogens with zero attached hydrogens (tertiary/aromatic N) is 1. The second kappa shape index (κ2) is 14.9. The van der Waals surface area contributed by atoms with Gasteiger partial charge >= 0.3 is 12.3 Å². The number of halogens is 3. The standard InChI is InChI=1S/C38H45F3N4O8S/c1-36(2,3)53-35(49)42-30-13-8-6-4-5-7-10-26-21-37(26,34(48)44-54(50,51)29-16-17-29)43-32(46)31-19-24-18-28(15-14-23(24)22-45(31)33(30)47)52-27-12-9-11-25(20-27)38(39,40)41/h7,9-12,14-15,18,20,26,29-31H,4-6,8,13,16-17,19,21-22H2,1-3H3,(H,42,49)(H,43,46)(H,44,48)/t26-,30+,31?,37-/m1/s1. The van der Waals surface area contributed by atoms with E-state index in [4.69, 9.17) is 9.47 Å². The van der Waals surface area contributed by atoms with Gasteiger partial charge in [-0.25, -0.2) is 13.2 Å². The zero-order valence-corrected chi connectivity index (χ0v) is 31.1. The number of carbonyl (C=O) groups excluding carboxylic acids is 4. The Morgan fingerprint density at radius 1 is 0.963 bits per heavy atom. The minimum atomic E-state index is -4.58. The summed E-state index contributed by atoms with van der Waals surface area (Å²) in [5.74, 6) is -2.46. The lowest BCUT2D eigenvalue weighted by Gasteiger charge is -2.39. The second-order valence-corrected chi connectivity index (χ2v) is 17.4. The van der Waals surface area contributed by atoms with Crippen molar-refractivity contribution in [3.05, 3.63) is 71.3 Å². The van der Waals surface area contributed by atoms with Crippen molar-refractivity contribution in [2.45, 2.75) is 120 Å². The fraction of sp³-hybridized carbons (Fsp3) is 0.526. The van der Waals surface area contributed by atoms with Gasteiger partial charge in [-0.1, -0.05) is 37.1 Å². The van der Waals surface area contributed by atoms with Crippen LogP contribution in [0.4, 0.5) is 18.0 Å². The highest BCUT2D eigenvalue weighted by atomic mass is 32.2. The van der Waals surface area contributed by atoms with Gasteiger partial charge in [-0.05, 0) is 101 Å². The second-order valence-electron chi connectivity index (χ2n) is 15.5. The number of nitrogens with one attached hydrogen (secondary N) is 3. The molecule has 0 saturated heterocycles. The summed E-state index contributed by atoms with van der Waals surface area (Å²) in [7, 11) is -3.94. The van der Waals surface area contributed by atoms with Gasteiger partial charge in [0.2, 0.25) is 21.8 Å². The van der Waals surface area contributed by atoms with E-state index in [0.717, 1.165) is 25.0 Å². The molecule has 4 atom stereocenters. The van der Waals surface area contributed by atoms with Gasteiger partial charge in [-0.3, -0.25) is 19.1 Å². The zero-order chi connectivity index (χ0) is 39.1. The van der Waals surface area contributed by atoms with E-state index in [-0.39, 0.29) is 37.3 Å². The highest BCUT2D eigenvalue weighted by Gasteiger charge is 2.62. The van der Waals surface area contributed by atoms with Crippen LogP contribution < -0.4 is 20.1 Å². The first kappa shape index (κ1) is 39.1. The third-order valence-corrected chi connectivity index (χ3v) is 11.8.